The van der Waals surface area contributed by atoms with Gasteiger partial charge in [-0.2, -0.15) is 0 Å². The molecule has 0 aliphatic heterocycles. The number of H-pyrrole nitrogens is 1. The highest BCUT2D eigenvalue weighted by Gasteiger charge is 2.24. The van der Waals surface area contributed by atoms with Gasteiger partial charge in [-0.25, -0.2) is 4.98 Å². The maximum absolute atomic E-state index is 11.5. The van der Waals surface area contributed by atoms with Gasteiger partial charge in [0.05, 0.1) is 0 Å². The number of thioether (sulfide) groups is 1. The Morgan fingerprint density at radius 1 is 1.42 bits per heavy atom. The van der Waals surface area contributed by atoms with E-state index in [1.54, 1.807) is 17.8 Å². The Kier molecular flexibility index (Phi) is 5.45. The fraction of sp³-hybridized carbons (Fsp3) is 0.714. The topological polar surface area (TPSA) is 57.8 Å². The number of aryl methyl sites for hydroxylation is 1. The molecule has 1 fully saturated rings. The second-order valence-electron chi connectivity index (χ2n) is 5.15. The number of aromatic amines is 1. The summed E-state index contributed by atoms with van der Waals surface area (Å²) in [5.74, 6) is 0. The number of rotatable bonds is 4. The average Bonchev–Trinajstić information content (AvgIpc) is 2.55. The molecule has 2 N–H and O–H groups in total. The van der Waals surface area contributed by atoms with Crippen LogP contribution in [0.25, 0.3) is 0 Å². The predicted octanol–water partition coefficient (Wildman–Crippen LogP) is 2.48. The summed E-state index contributed by atoms with van der Waals surface area (Å²) in [6, 6.07) is 2.07. The van der Waals surface area contributed by atoms with Crippen LogP contribution in [0.4, 0.5) is 0 Å². The van der Waals surface area contributed by atoms with Gasteiger partial charge in [0.1, 0.15) is 0 Å². The standard InChI is InChI=1S/C14H23N3OS/c1-3-15-11-7-5-4-6-8-12(11)19-14-16-10(2)9-13(18)17-14/h9,11-12,15H,3-8H2,1-2H3,(H,16,17,18). The first-order valence-electron chi connectivity index (χ1n) is 7.17. The Morgan fingerprint density at radius 3 is 2.95 bits per heavy atom. The van der Waals surface area contributed by atoms with Gasteiger partial charge in [-0.05, 0) is 26.3 Å². The van der Waals surface area contributed by atoms with Crippen molar-refractivity contribution >= 4 is 11.8 Å². The Morgan fingerprint density at radius 2 is 2.21 bits per heavy atom. The fourth-order valence-electron chi connectivity index (χ4n) is 2.66. The molecule has 0 radical (unpaired) electrons. The highest BCUT2D eigenvalue weighted by atomic mass is 32.2. The van der Waals surface area contributed by atoms with Crippen LogP contribution in [0.5, 0.6) is 0 Å². The van der Waals surface area contributed by atoms with Crippen LogP contribution in [0.1, 0.15) is 44.7 Å². The molecule has 1 aromatic rings. The van der Waals surface area contributed by atoms with Crippen LogP contribution in [-0.4, -0.2) is 27.8 Å². The first-order valence-corrected chi connectivity index (χ1v) is 8.05. The molecule has 1 aliphatic rings. The third kappa shape index (κ3) is 4.35. The predicted molar refractivity (Wildman–Crippen MR) is 79.8 cm³/mol. The molecule has 1 saturated carbocycles. The molecule has 1 heterocycles. The molecule has 1 aromatic heterocycles. The minimum atomic E-state index is -0.0522. The minimum absolute atomic E-state index is 0.0522. The van der Waals surface area contributed by atoms with Crippen molar-refractivity contribution in [2.24, 2.45) is 0 Å². The third-order valence-corrected chi connectivity index (χ3v) is 4.81. The van der Waals surface area contributed by atoms with E-state index in [4.69, 9.17) is 0 Å². The van der Waals surface area contributed by atoms with Gasteiger partial charge in [0.2, 0.25) is 0 Å². The van der Waals surface area contributed by atoms with E-state index in [1.165, 1.54) is 32.1 Å². The van der Waals surface area contributed by atoms with E-state index in [2.05, 4.69) is 22.2 Å². The number of hydrogen-bond acceptors (Lipinski definition) is 4. The fourth-order valence-corrected chi connectivity index (χ4v) is 3.99. The lowest BCUT2D eigenvalue weighted by molar-refractivity contribution is 0.482. The molecule has 2 rings (SSSR count). The summed E-state index contributed by atoms with van der Waals surface area (Å²) in [5.41, 5.74) is 0.739. The van der Waals surface area contributed by atoms with Crippen LogP contribution in [0.3, 0.4) is 0 Å². The van der Waals surface area contributed by atoms with Gasteiger partial charge in [0, 0.05) is 23.1 Å². The second kappa shape index (κ2) is 7.10. The van der Waals surface area contributed by atoms with Crippen molar-refractivity contribution in [1.82, 2.24) is 15.3 Å². The van der Waals surface area contributed by atoms with Crippen molar-refractivity contribution in [3.05, 3.63) is 22.1 Å². The van der Waals surface area contributed by atoms with Gasteiger partial charge < -0.3 is 10.3 Å². The average molecular weight is 281 g/mol. The van der Waals surface area contributed by atoms with Crippen LogP contribution >= 0.6 is 11.8 Å². The molecular weight excluding hydrogens is 258 g/mol. The maximum Gasteiger partial charge on any atom is 0.251 e. The maximum atomic E-state index is 11.5. The zero-order chi connectivity index (χ0) is 13.7. The van der Waals surface area contributed by atoms with E-state index >= 15 is 0 Å². The molecule has 0 amide bonds. The quantitative estimate of drug-likeness (QED) is 0.657. The summed E-state index contributed by atoms with van der Waals surface area (Å²) in [5, 5.41) is 4.85. The van der Waals surface area contributed by atoms with Crippen LogP contribution in [0.2, 0.25) is 0 Å². The van der Waals surface area contributed by atoms with E-state index in [1.807, 2.05) is 6.92 Å². The number of nitrogens with zero attached hydrogens (tertiary/aromatic N) is 1. The van der Waals surface area contributed by atoms with Gasteiger partial charge >= 0.3 is 0 Å². The second-order valence-corrected chi connectivity index (χ2v) is 6.38. The summed E-state index contributed by atoms with van der Waals surface area (Å²) in [4.78, 5) is 18.8. The Balaban J connectivity index is 2.11. The Hall–Kier alpha value is -0.810. The molecule has 2 atom stereocenters. The highest BCUT2D eigenvalue weighted by molar-refractivity contribution is 7.99. The molecule has 2 unspecified atom stereocenters. The highest BCUT2D eigenvalue weighted by Crippen LogP contribution is 2.31. The summed E-state index contributed by atoms with van der Waals surface area (Å²) in [7, 11) is 0. The van der Waals surface area contributed by atoms with E-state index in [0.29, 0.717) is 11.3 Å². The van der Waals surface area contributed by atoms with E-state index in [-0.39, 0.29) is 5.56 Å². The molecule has 0 bridgehead atoms. The molecule has 5 heteroatoms. The molecule has 19 heavy (non-hydrogen) atoms. The summed E-state index contributed by atoms with van der Waals surface area (Å²) in [6.45, 7) is 5.02. The van der Waals surface area contributed by atoms with Crippen LogP contribution in [0.15, 0.2) is 16.0 Å². The van der Waals surface area contributed by atoms with E-state index < -0.39 is 0 Å². The molecule has 4 nitrogen and oxygen atoms in total. The smallest absolute Gasteiger partial charge is 0.251 e. The van der Waals surface area contributed by atoms with Crippen molar-refractivity contribution in [1.29, 1.82) is 0 Å². The molecule has 0 spiro atoms. The van der Waals surface area contributed by atoms with Crippen molar-refractivity contribution in [3.63, 3.8) is 0 Å². The molecular formula is C14H23N3OS. The van der Waals surface area contributed by atoms with Crippen LogP contribution < -0.4 is 10.9 Å². The molecule has 106 valence electrons. The molecule has 0 saturated heterocycles. The van der Waals surface area contributed by atoms with E-state index in [0.717, 1.165) is 17.4 Å². The van der Waals surface area contributed by atoms with Gasteiger partial charge in [-0.3, -0.25) is 4.79 Å². The SMILES string of the molecule is CCNC1CCCCCC1Sc1nc(C)cc(=O)[nH]1. The van der Waals surface area contributed by atoms with Gasteiger partial charge in [0.25, 0.3) is 5.56 Å². The number of nitrogens with one attached hydrogen (secondary N) is 2. The van der Waals surface area contributed by atoms with Crippen LogP contribution in [-0.2, 0) is 0 Å². The first kappa shape index (κ1) is 14.6. The summed E-state index contributed by atoms with van der Waals surface area (Å²) < 4.78 is 0. The van der Waals surface area contributed by atoms with Gasteiger partial charge in [0.15, 0.2) is 5.16 Å². The summed E-state index contributed by atoms with van der Waals surface area (Å²) in [6.07, 6.45) is 6.31. The van der Waals surface area contributed by atoms with Crippen molar-refractivity contribution in [3.8, 4) is 0 Å². The largest absolute Gasteiger partial charge is 0.313 e. The zero-order valence-electron chi connectivity index (χ0n) is 11.7. The lowest BCUT2D eigenvalue weighted by Crippen LogP contribution is -2.37. The summed E-state index contributed by atoms with van der Waals surface area (Å²) >= 11 is 1.73. The Labute approximate surface area is 118 Å². The minimum Gasteiger partial charge on any atom is -0.313 e. The van der Waals surface area contributed by atoms with E-state index in [9.17, 15) is 4.79 Å². The third-order valence-electron chi connectivity index (χ3n) is 3.53. The lowest BCUT2D eigenvalue weighted by atomic mass is 10.1. The monoisotopic (exact) mass is 281 g/mol. The number of aromatic nitrogens is 2. The molecule has 0 aromatic carbocycles. The first-order chi connectivity index (χ1) is 9.19. The molecule has 1 aliphatic carbocycles. The van der Waals surface area contributed by atoms with Crippen molar-refractivity contribution in [2.75, 3.05) is 6.54 Å². The lowest BCUT2D eigenvalue weighted by Gasteiger charge is -2.24. The van der Waals surface area contributed by atoms with Crippen molar-refractivity contribution < 1.29 is 0 Å². The van der Waals surface area contributed by atoms with Gasteiger partial charge in [-0.1, -0.05) is 37.9 Å². The van der Waals surface area contributed by atoms with Gasteiger partial charge in [-0.15, -0.1) is 0 Å². The van der Waals surface area contributed by atoms with Crippen LogP contribution in [0, 0.1) is 6.92 Å². The normalized spacial score (nSPS) is 24.1. The zero-order valence-corrected chi connectivity index (χ0v) is 12.6. The Bertz CT molecular complexity index is 460. The van der Waals surface area contributed by atoms with Crippen molar-refractivity contribution in [2.45, 2.75) is 62.4 Å². The number of hydrogen-bond donors (Lipinski definition) is 2.